The van der Waals surface area contributed by atoms with E-state index in [-0.39, 0.29) is 28.2 Å². The zero-order valence-electron chi connectivity index (χ0n) is 22.1. The first-order valence-electron chi connectivity index (χ1n) is 13.2. The molecule has 2 unspecified atom stereocenters. The van der Waals surface area contributed by atoms with Crippen LogP contribution >= 0.6 is 0 Å². The third kappa shape index (κ3) is 4.66. The predicted molar refractivity (Wildman–Crippen MR) is 141 cm³/mol. The van der Waals surface area contributed by atoms with Crippen LogP contribution in [0.2, 0.25) is 0 Å². The Morgan fingerprint density at radius 3 is 2.21 bits per heavy atom. The number of benzene rings is 1. The first kappa shape index (κ1) is 25.2. The van der Waals surface area contributed by atoms with Crippen molar-refractivity contribution in [2.75, 3.05) is 19.6 Å². The average molecular weight is 467 g/mol. The average Bonchev–Trinajstić information content (AvgIpc) is 2.76. The summed E-state index contributed by atoms with van der Waals surface area (Å²) in [5, 5.41) is 10.6. The second-order valence-corrected chi connectivity index (χ2v) is 12.8. The molecule has 1 saturated carbocycles. The molecule has 2 aliphatic carbocycles. The van der Waals surface area contributed by atoms with Gasteiger partial charge in [-0.3, -0.25) is 4.79 Å². The van der Waals surface area contributed by atoms with E-state index in [1.54, 1.807) is 0 Å². The van der Waals surface area contributed by atoms with Crippen molar-refractivity contribution in [3.8, 4) is 0 Å². The van der Waals surface area contributed by atoms with E-state index in [1.807, 2.05) is 12.1 Å². The molecule has 1 heterocycles. The third-order valence-electron chi connectivity index (χ3n) is 9.30. The van der Waals surface area contributed by atoms with Gasteiger partial charge < -0.3 is 21.7 Å². The highest BCUT2D eigenvalue weighted by Crippen LogP contribution is 2.54. The van der Waals surface area contributed by atoms with E-state index < -0.39 is 0 Å². The zero-order valence-corrected chi connectivity index (χ0v) is 22.1. The standard InChI is InChI=1S/C29H46N4O/c1-19-7-12-23(15-20(19)2)32-25-27(3,4)26(28(25,5)6)33-24(34)22-10-8-21(9-11-22)16-29(13-14-30)17-31-18-29/h8-12,19-20,25-26,31-32H,7,13-18,30H2,1-6H3,(H,33,34). The summed E-state index contributed by atoms with van der Waals surface area (Å²) in [6.07, 6.45) is 6.72. The fraction of sp³-hybridized carbons (Fsp3) is 0.690. The fourth-order valence-electron chi connectivity index (χ4n) is 6.99. The zero-order chi connectivity index (χ0) is 24.7. The minimum absolute atomic E-state index is 0.0254. The summed E-state index contributed by atoms with van der Waals surface area (Å²) >= 11 is 0. The number of nitrogens with two attached hydrogens (primary N) is 1. The van der Waals surface area contributed by atoms with Crippen LogP contribution in [0.5, 0.6) is 0 Å². The van der Waals surface area contributed by atoms with Crippen LogP contribution in [0.4, 0.5) is 0 Å². The number of amides is 1. The van der Waals surface area contributed by atoms with Gasteiger partial charge in [-0.2, -0.15) is 0 Å². The van der Waals surface area contributed by atoms with Gasteiger partial charge in [0.2, 0.25) is 0 Å². The molecule has 5 nitrogen and oxygen atoms in total. The van der Waals surface area contributed by atoms with Gasteiger partial charge in [0.1, 0.15) is 0 Å². The molecule has 0 radical (unpaired) electrons. The number of nitrogens with one attached hydrogen (secondary N) is 3. The van der Waals surface area contributed by atoms with Crippen molar-refractivity contribution in [1.29, 1.82) is 0 Å². The maximum atomic E-state index is 13.2. The topological polar surface area (TPSA) is 79.2 Å². The fourth-order valence-corrected chi connectivity index (χ4v) is 6.99. The lowest BCUT2D eigenvalue weighted by atomic mass is 9.48. The summed E-state index contributed by atoms with van der Waals surface area (Å²) < 4.78 is 0. The van der Waals surface area contributed by atoms with E-state index in [4.69, 9.17) is 5.73 Å². The van der Waals surface area contributed by atoms with Crippen molar-refractivity contribution in [1.82, 2.24) is 16.0 Å². The summed E-state index contributed by atoms with van der Waals surface area (Å²) in [6.45, 7) is 16.6. The Morgan fingerprint density at radius 2 is 1.68 bits per heavy atom. The molecule has 0 bridgehead atoms. The molecular weight excluding hydrogens is 420 g/mol. The molecule has 34 heavy (non-hydrogen) atoms. The van der Waals surface area contributed by atoms with Crippen molar-refractivity contribution in [2.45, 2.75) is 79.3 Å². The van der Waals surface area contributed by atoms with E-state index >= 15 is 0 Å². The van der Waals surface area contributed by atoms with E-state index in [9.17, 15) is 4.79 Å². The van der Waals surface area contributed by atoms with Crippen molar-refractivity contribution >= 4 is 5.91 Å². The molecule has 3 aliphatic rings. The molecule has 5 N–H and O–H groups in total. The van der Waals surface area contributed by atoms with Gasteiger partial charge in [-0.05, 0) is 61.8 Å². The predicted octanol–water partition coefficient (Wildman–Crippen LogP) is 4.24. The van der Waals surface area contributed by atoms with Crippen molar-refractivity contribution in [3.05, 3.63) is 47.2 Å². The smallest absolute Gasteiger partial charge is 0.251 e. The van der Waals surface area contributed by atoms with Crippen molar-refractivity contribution in [2.24, 2.45) is 33.8 Å². The van der Waals surface area contributed by atoms with Gasteiger partial charge in [-0.1, -0.05) is 59.8 Å². The normalized spacial score (nSPS) is 31.0. The Bertz CT molecular complexity index is 897. The first-order valence-corrected chi connectivity index (χ1v) is 13.2. The first-order chi connectivity index (χ1) is 16.0. The molecule has 1 saturated heterocycles. The number of carbonyl (C=O) groups is 1. The van der Waals surface area contributed by atoms with Gasteiger partial charge in [0, 0.05) is 52.7 Å². The third-order valence-corrected chi connectivity index (χ3v) is 9.30. The van der Waals surface area contributed by atoms with Gasteiger partial charge >= 0.3 is 0 Å². The van der Waals surface area contributed by atoms with Crippen molar-refractivity contribution < 1.29 is 4.79 Å². The largest absolute Gasteiger partial charge is 0.385 e. The maximum Gasteiger partial charge on any atom is 0.251 e. The number of hydrogen-bond donors (Lipinski definition) is 4. The molecule has 5 heteroatoms. The van der Waals surface area contributed by atoms with Gasteiger partial charge in [-0.15, -0.1) is 0 Å². The Balaban J connectivity index is 1.38. The Hall–Kier alpha value is -1.85. The van der Waals surface area contributed by atoms with E-state index in [2.05, 4.69) is 75.7 Å². The van der Waals surface area contributed by atoms with Crippen LogP contribution in [0, 0.1) is 28.1 Å². The summed E-state index contributed by atoms with van der Waals surface area (Å²) in [7, 11) is 0. The maximum absolute atomic E-state index is 13.2. The number of hydrogen-bond acceptors (Lipinski definition) is 4. The summed E-state index contributed by atoms with van der Waals surface area (Å²) in [5.41, 5.74) is 9.46. The molecule has 188 valence electrons. The summed E-state index contributed by atoms with van der Waals surface area (Å²) in [6, 6.07) is 8.64. The molecule has 1 aromatic rings. The van der Waals surface area contributed by atoms with Gasteiger partial charge in [-0.25, -0.2) is 0 Å². The highest BCUT2D eigenvalue weighted by Gasteiger charge is 2.62. The Morgan fingerprint density at radius 1 is 1.03 bits per heavy atom. The van der Waals surface area contributed by atoms with Crippen LogP contribution in [0.1, 0.15) is 76.7 Å². The lowest BCUT2D eigenvalue weighted by Gasteiger charge is -2.64. The van der Waals surface area contributed by atoms with Gasteiger partial charge in [0.05, 0.1) is 0 Å². The molecule has 2 atom stereocenters. The molecule has 4 rings (SSSR count). The molecule has 2 fully saturated rings. The second kappa shape index (κ2) is 9.31. The van der Waals surface area contributed by atoms with Crippen LogP contribution in [0.25, 0.3) is 0 Å². The molecule has 1 aliphatic heterocycles. The number of carbonyl (C=O) groups excluding carboxylic acids is 1. The van der Waals surface area contributed by atoms with E-state index in [1.165, 1.54) is 11.3 Å². The SMILES string of the molecule is CC1CC=C(NC2C(C)(C)C(NC(=O)c3ccc(CC4(CCN)CNC4)cc3)C2(C)C)CC1C. The van der Waals surface area contributed by atoms with Gasteiger partial charge in [0.15, 0.2) is 0 Å². The van der Waals surface area contributed by atoms with Gasteiger partial charge in [0.25, 0.3) is 5.91 Å². The summed E-state index contributed by atoms with van der Waals surface area (Å²) in [4.78, 5) is 13.2. The molecule has 0 aromatic heterocycles. The number of rotatable bonds is 8. The van der Waals surface area contributed by atoms with E-state index in [0.717, 1.165) is 56.8 Å². The summed E-state index contributed by atoms with van der Waals surface area (Å²) in [5.74, 6) is 1.49. The van der Waals surface area contributed by atoms with Crippen molar-refractivity contribution in [3.63, 3.8) is 0 Å². The highest BCUT2D eigenvalue weighted by molar-refractivity contribution is 5.94. The molecule has 1 amide bonds. The Kier molecular flexibility index (Phi) is 6.91. The minimum atomic E-state index is -0.0297. The Labute approximate surface area is 206 Å². The minimum Gasteiger partial charge on any atom is -0.385 e. The van der Waals surface area contributed by atoms with Crippen LogP contribution in [-0.2, 0) is 6.42 Å². The van der Waals surface area contributed by atoms with Crippen LogP contribution in [-0.4, -0.2) is 37.6 Å². The second-order valence-electron chi connectivity index (χ2n) is 12.8. The molecule has 1 aromatic carbocycles. The highest BCUT2D eigenvalue weighted by atomic mass is 16.1. The monoisotopic (exact) mass is 466 g/mol. The van der Waals surface area contributed by atoms with E-state index in [0.29, 0.717) is 12.0 Å². The van der Waals surface area contributed by atoms with Crippen LogP contribution < -0.4 is 21.7 Å². The lowest BCUT2D eigenvalue weighted by molar-refractivity contribution is -0.0819. The molecule has 0 spiro atoms. The molecular formula is C29H46N4O. The van der Waals surface area contributed by atoms with Crippen LogP contribution in [0.3, 0.4) is 0 Å². The lowest BCUT2D eigenvalue weighted by Crippen LogP contribution is -2.76. The van der Waals surface area contributed by atoms with Crippen LogP contribution in [0.15, 0.2) is 36.0 Å². The quantitative estimate of drug-likeness (QED) is 0.462. The number of allylic oxidation sites excluding steroid dienone is 2.